The molecule has 9 heteroatoms. The minimum Gasteiger partial charge on any atom is -0.481 e. The first-order valence-electron chi connectivity index (χ1n) is 8.43. The molecule has 3 rings (SSSR count). The van der Waals surface area contributed by atoms with Gasteiger partial charge < -0.3 is 14.9 Å². The zero-order chi connectivity index (χ0) is 18.2. The predicted octanol–water partition coefficient (Wildman–Crippen LogP) is 2.79. The van der Waals surface area contributed by atoms with Gasteiger partial charge in [0.05, 0.1) is 0 Å². The van der Waals surface area contributed by atoms with E-state index in [2.05, 4.69) is 9.97 Å². The highest BCUT2D eigenvalue weighted by atomic mass is 19.4. The molecule has 1 N–H and O–H groups in total. The number of aliphatic carboxylic acids is 1. The predicted molar refractivity (Wildman–Crippen MR) is 85.6 cm³/mol. The van der Waals surface area contributed by atoms with Crippen LogP contribution in [0.1, 0.15) is 38.3 Å². The number of aromatic nitrogens is 2. The third kappa shape index (κ3) is 3.96. The third-order valence-corrected chi connectivity index (χ3v) is 4.97. The molecule has 0 saturated carbocycles. The molecule has 2 fully saturated rings. The van der Waals surface area contributed by atoms with Crippen molar-refractivity contribution >= 4 is 17.7 Å². The molecular formula is C16H21F3N4O2. The van der Waals surface area contributed by atoms with Crippen molar-refractivity contribution in [3.8, 4) is 0 Å². The smallest absolute Gasteiger partial charge is 0.433 e. The second-order valence-electron chi connectivity index (χ2n) is 6.77. The minimum atomic E-state index is -4.53. The van der Waals surface area contributed by atoms with Gasteiger partial charge in [0, 0.05) is 38.2 Å². The van der Waals surface area contributed by atoms with Crippen molar-refractivity contribution in [3.63, 3.8) is 0 Å². The van der Waals surface area contributed by atoms with Gasteiger partial charge in [0.15, 0.2) is 5.69 Å². The van der Waals surface area contributed by atoms with Crippen molar-refractivity contribution in [1.82, 2.24) is 9.97 Å². The van der Waals surface area contributed by atoms with Gasteiger partial charge in [-0.05, 0) is 32.1 Å². The molecule has 2 aliphatic rings. The van der Waals surface area contributed by atoms with Gasteiger partial charge in [-0.3, -0.25) is 4.79 Å². The lowest BCUT2D eigenvalue weighted by Gasteiger charge is -2.39. The average Bonchev–Trinajstić information content (AvgIpc) is 2.52. The van der Waals surface area contributed by atoms with E-state index >= 15 is 0 Å². The summed E-state index contributed by atoms with van der Waals surface area (Å²) in [5.74, 6) is -0.386. The fraction of sp³-hybridized carbons (Fsp3) is 0.688. The van der Waals surface area contributed by atoms with E-state index in [0.29, 0.717) is 32.5 Å². The van der Waals surface area contributed by atoms with Crippen LogP contribution >= 0.6 is 0 Å². The molecule has 0 radical (unpaired) electrons. The van der Waals surface area contributed by atoms with E-state index < -0.39 is 17.8 Å². The lowest BCUT2D eigenvalue weighted by Crippen LogP contribution is -2.47. The fourth-order valence-electron chi connectivity index (χ4n) is 3.28. The third-order valence-electron chi connectivity index (χ3n) is 4.97. The van der Waals surface area contributed by atoms with Crippen LogP contribution in [0.25, 0.3) is 0 Å². The van der Waals surface area contributed by atoms with Gasteiger partial charge in [0.2, 0.25) is 5.95 Å². The summed E-state index contributed by atoms with van der Waals surface area (Å²) in [4.78, 5) is 22.4. The Morgan fingerprint density at radius 1 is 1.24 bits per heavy atom. The van der Waals surface area contributed by atoms with E-state index in [1.807, 2.05) is 6.92 Å². The number of alkyl halides is 3. The van der Waals surface area contributed by atoms with Crippen molar-refractivity contribution in [2.24, 2.45) is 5.92 Å². The standard InChI is InChI=1S/C16H21F3N4O2/c1-10-2-7-23(10)15-20-12(16(17,18)19)9-13(21-15)22-5-3-11(4-6-22)8-14(24)25/h9-11H,2-8H2,1H3,(H,24,25)/t10-/m0/s1. The number of carboxylic acid groups (broad SMARTS) is 1. The molecule has 138 valence electrons. The molecule has 1 aromatic rings. The van der Waals surface area contributed by atoms with Crippen molar-refractivity contribution in [2.75, 3.05) is 29.4 Å². The number of carboxylic acids is 1. The second kappa shape index (κ2) is 6.68. The van der Waals surface area contributed by atoms with E-state index in [1.165, 1.54) is 0 Å². The first-order chi connectivity index (χ1) is 11.7. The number of carbonyl (C=O) groups is 1. The SMILES string of the molecule is C[C@H]1CCN1c1nc(N2CCC(CC(=O)O)CC2)cc(C(F)(F)F)n1. The van der Waals surface area contributed by atoms with Gasteiger partial charge in [0.25, 0.3) is 0 Å². The van der Waals surface area contributed by atoms with Gasteiger partial charge in [-0.2, -0.15) is 18.2 Å². The Morgan fingerprint density at radius 3 is 2.40 bits per heavy atom. The van der Waals surface area contributed by atoms with E-state index in [1.54, 1.807) is 9.80 Å². The van der Waals surface area contributed by atoms with Crippen LogP contribution in [-0.2, 0) is 11.0 Å². The van der Waals surface area contributed by atoms with Gasteiger partial charge in [-0.15, -0.1) is 0 Å². The highest BCUT2D eigenvalue weighted by Crippen LogP contribution is 2.34. The zero-order valence-corrected chi connectivity index (χ0v) is 14.0. The molecule has 1 aromatic heterocycles. The summed E-state index contributed by atoms with van der Waals surface area (Å²) < 4.78 is 39.6. The lowest BCUT2D eigenvalue weighted by molar-refractivity contribution is -0.141. The molecule has 0 aromatic carbocycles. The van der Waals surface area contributed by atoms with Gasteiger partial charge in [-0.1, -0.05) is 0 Å². The number of piperidine rings is 1. The topological polar surface area (TPSA) is 69.6 Å². The fourth-order valence-corrected chi connectivity index (χ4v) is 3.28. The molecule has 2 aliphatic heterocycles. The monoisotopic (exact) mass is 358 g/mol. The van der Waals surface area contributed by atoms with Gasteiger partial charge in [0.1, 0.15) is 5.82 Å². The summed E-state index contributed by atoms with van der Waals surface area (Å²) in [5.41, 5.74) is -0.931. The molecule has 2 saturated heterocycles. The number of anilines is 2. The van der Waals surface area contributed by atoms with Crippen LogP contribution < -0.4 is 9.80 Å². The summed E-state index contributed by atoms with van der Waals surface area (Å²) in [5, 5.41) is 8.87. The Hall–Kier alpha value is -2.06. The maximum Gasteiger partial charge on any atom is 0.433 e. The van der Waals surface area contributed by atoms with Crippen LogP contribution in [0, 0.1) is 5.92 Å². The first-order valence-corrected chi connectivity index (χ1v) is 8.43. The lowest BCUT2D eigenvalue weighted by atomic mass is 9.93. The van der Waals surface area contributed by atoms with Crippen LogP contribution in [0.2, 0.25) is 0 Å². The maximum atomic E-state index is 13.2. The number of nitrogens with zero attached hydrogens (tertiary/aromatic N) is 4. The van der Waals surface area contributed by atoms with E-state index in [4.69, 9.17) is 5.11 Å². The highest BCUT2D eigenvalue weighted by Gasteiger charge is 2.36. The quantitative estimate of drug-likeness (QED) is 0.893. The molecular weight excluding hydrogens is 337 g/mol. The molecule has 3 heterocycles. The number of halogens is 3. The van der Waals surface area contributed by atoms with E-state index in [0.717, 1.165) is 12.5 Å². The normalized spacial score (nSPS) is 22.0. The summed E-state index contributed by atoms with van der Waals surface area (Å²) in [7, 11) is 0. The molecule has 0 unspecified atom stereocenters. The molecule has 25 heavy (non-hydrogen) atoms. The van der Waals surface area contributed by atoms with Gasteiger partial charge >= 0.3 is 12.1 Å². The Bertz CT molecular complexity index is 645. The maximum absolute atomic E-state index is 13.2. The van der Waals surface area contributed by atoms with E-state index in [9.17, 15) is 18.0 Å². The largest absolute Gasteiger partial charge is 0.481 e. The molecule has 0 bridgehead atoms. The Morgan fingerprint density at radius 2 is 1.92 bits per heavy atom. The Kier molecular flexibility index (Phi) is 4.75. The summed E-state index contributed by atoms with van der Waals surface area (Å²) in [6.07, 6.45) is -2.25. The van der Waals surface area contributed by atoms with Crippen LogP contribution in [-0.4, -0.2) is 46.7 Å². The van der Waals surface area contributed by atoms with Crippen LogP contribution in [0.15, 0.2) is 6.07 Å². The number of rotatable bonds is 4. The molecule has 1 atom stereocenters. The first kappa shape index (κ1) is 17.8. The van der Waals surface area contributed by atoms with Crippen LogP contribution in [0.5, 0.6) is 0 Å². The molecule has 0 aliphatic carbocycles. The van der Waals surface area contributed by atoms with Crippen molar-refractivity contribution in [3.05, 3.63) is 11.8 Å². The van der Waals surface area contributed by atoms with Crippen molar-refractivity contribution in [2.45, 2.75) is 44.8 Å². The highest BCUT2D eigenvalue weighted by molar-refractivity contribution is 5.67. The number of hydrogen-bond acceptors (Lipinski definition) is 5. The summed E-state index contributed by atoms with van der Waals surface area (Å²) in [6.45, 7) is 3.59. The average molecular weight is 358 g/mol. The number of hydrogen-bond donors (Lipinski definition) is 1. The van der Waals surface area contributed by atoms with Crippen molar-refractivity contribution < 1.29 is 23.1 Å². The summed E-state index contributed by atoms with van der Waals surface area (Å²) in [6, 6.07) is 1.13. The van der Waals surface area contributed by atoms with Gasteiger partial charge in [-0.25, -0.2) is 4.98 Å². The van der Waals surface area contributed by atoms with E-state index in [-0.39, 0.29) is 30.1 Å². The Labute approximate surface area is 143 Å². The molecule has 0 amide bonds. The second-order valence-corrected chi connectivity index (χ2v) is 6.77. The Balaban J connectivity index is 1.81. The molecule has 6 nitrogen and oxygen atoms in total. The summed E-state index contributed by atoms with van der Waals surface area (Å²) >= 11 is 0. The van der Waals surface area contributed by atoms with Crippen molar-refractivity contribution in [1.29, 1.82) is 0 Å². The van der Waals surface area contributed by atoms with Crippen LogP contribution in [0.4, 0.5) is 24.9 Å². The zero-order valence-electron chi connectivity index (χ0n) is 14.0. The minimum absolute atomic E-state index is 0.0625. The van der Waals surface area contributed by atoms with Crippen LogP contribution in [0.3, 0.4) is 0 Å². The molecule has 0 spiro atoms.